The Kier molecular flexibility index (Phi) is 4.50. The smallest absolute Gasteiger partial charge is 0.135 e. The van der Waals surface area contributed by atoms with Crippen molar-refractivity contribution >= 4 is 49.4 Å². The Balaban J connectivity index is 1.21. The third-order valence-corrected chi connectivity index (χ3v) is 7.44. The summed E-state index contributed by atoms with van der Waals surface area (Å²) < 4.78 is 8.48. The van der Waals surface area contributed by atoms with Gasteiger partial charge in [-0.05, 0) is 86.7 Å². The van der Waals surface area contributed by atoms with Crippen LogP contribution in [0.3, 0.4) is 0 Å². The molecule has 2 aromatic heterocycles. The third-order valence-electron chi connectivity index (χ3n) is 7.44. The van der Waals surface area contributed by atoms with Crippen molar-refractivity contribution in [1.82, 2.24) is 4.57 Å². The first-order valence-corrected chi connectivity index (χ1v) is 12.4. The standard InChI is InChI=1S/C33H27NO/c1-21-7-14-31-27(17-21)26-5-3-4-6-30(26)34(31)25-12-9-23(10-13-25)19-24-11-16-33-29(20-24)28-18-22(2)8-15-32(28)35-33/h3-9,11-18,20,23H,10,19H2,1-2H3. The lowest BCUT2D eigenvalue weighted by molar-refractivity contribution is 0.651. The maximum absolute atomic E-state index is 6.06. The first-order valence-electron chi connectivity index (χ1n) is 12.4. The van der Waals surface area contributed by atoms with Gasteiger partial charge in [0.1, 0.15) is 11.2 Å². The van der Waals surface area contributed by atoms with Crippen molar-refractivity contribution in [2.45, 2.75) is 26.7 Å². The van der Waals surface area contributed by atoms with Gasteiger partial charge in [-0.3, -0.25) is 0 Å². The number of furan rings is 1. The number of aromatic nitrogens is 1. The second kappa shape index (κ2) is 7.74. The number of rotatable bonds is 3. The number of fused-ring (bicyclic) bond motifs is 6. The molecule has 2 heterocycles. The molecule has 170 valence electrons. The van der Waals surface area contributed by atoms with Gasteiger partial charge >= 0.3 is 0 Å². The van der Waals surface area contributed by atoms with Gasteiger partial charge in [-0.15, -0.1) is 0 Å². The van der Waals surface area contributed by atoms with Gasteiger partial charge in [0.15, 0.2) is 0 Å². The summed E-state index contributed by atoms with van der Waals surface area (Å²) >= 11 is 0. The van der Waals surface area contributed by atoms with E-state index >= 15 is 0 Å². The summed E-state index contributed by atoms with van der Waals surface area (Å²) in [6, 6.07) is 28.6. The fourth-order valence-electron chi connectivity index (χ4n) is 5.70. The average Bonchev–Trinajstić information content (AvgIpc) is 3.39. The summed E-state index contributed by atoms with van der Waals surface area (Å²) in [5.74, 6) is 0.492. The molecule has 1 aliphatic rings. The van der Waals surface area contributed by atoms with E-state index in [0.29, 0.717) is 5.92 Å². The van der Waals surface area contributed by atoms with Crippen LogP contribution in [-0.4, -0.2) is 4.57 Å². The molecule has 0 N–H and O–H groups in total. The SMILES string of the molecule is Cc1ccc2oc3ccc(CC4C=CC(n5c6ccccc6c6cc(C)ccc65)=CC4)cc3c2c1. The van der Waals surface area contributed by atoms with E-state index in [4.69, 9.17) is 4.42 Å². The largest absolute Gasteiger partial charge is 0.456 e. The second-order valence-corrected chi connectivity index (χ2v) is 9.99. The molecule has 0 saturated heterocycles. The third kappa shape index (κ3) is 3.32. The highest BCUT2D eigenvalue weighted by Gasteiger charge is 2.17. The van der Waals surface area contributed by atoms with E-state index in [1.54, 1.807) is 0 Å². The lowest BCUT2D eigenvalue weighted by Gasteiger charge is -2.18. The Hall–Kier alpha value is -4.04. The lowest BCUT2D eigenvalue weighted by Crippen LogP contribution is -2.06. The van der Waals surface area contributed by atoms with Crippen LogP contribution in [-0.2, 0) is 6.42 Å². The summed E-state index contributed by atoms with van der Waals surface area (Å²) in [5.41, 5.74) is 9.67. The second-order valence-electron chi connectivity index (χ2n) is 9.99. The van der Waals surface area contributed by atoms with E-state index < -0.39 is 0 Å². The Morgan fingerprint density at radius 2 is 1.46 bits per heavy atom. The molecule has 2 heteroatoms. The summed E-state index contributed by atoms with van der Waals surface area (Å²) in [4.78, 5) is 0. The zero-order chi connectivity index (χ0) is 23.5. The number of nitrogens with zero attached hydrogens (tertiary/aromatic N) is 1. The molecule has 0 spiro atoms. The molecule has 0 fully saturated rings. The van der Waals surface area contributed by atoms with Gasteiger partial charge in [-0.2, -0.15) is 0 Å². The molecule has 0 aliphatic heterocycles. The van der Waals surface area contributed by atoms with E-state index in [1.807, 2.05) is 0 Å². The molecular weight excluding hydrogens is 426 g/mol. The van der Waals surface area contributed by atoms with Crippen LogP contribution in [0.15, 0.2) is 102 Å². The highest BCUT2D eigenvalue weighted by Crippen LogP contribution is 2.35. The molecule has 0 saturated carbocycles. The number of hydrogen-bond acceptors (Lipinski definition) is 1. The van der Waals surface area contributed by atoms with Crippen molar-refractivity contribution in [1.29, 1.82) is 0 Å². The van der Waals surface area contributed by atoms with E-state index in [0.717, 1.165) is 24.0 Å². The van der Waals surface area contributed by atoms with Crippen molar-refractivity contribution in [3.63, 3.8) is 0 Å². The number of allylic oxidation sites excluding steroid dienone is 4. The van der Waals surface area contributed by atoms with Crippen molar-refractivity contribution in [2.75, 3.05) is 0 Å². The van der Waals surface area contributed by atoms with E-state index in [2.05, 4.69) is 116 Å². The molecule has 0 bridgehead atoms. The maximum Gasteiger partial charge on any atom is 0.135 e. The molecule has 7 rings (SSSR count). The summed E-state index contributed by atoms with van der Waals surface area (Å²) in [6.07, 6.45) is 9.18. The molecule has 0 amide bonds. The summed E-state index contributed by atoms with van der Waals surface area (Å²) in [5, 5.41) is 5.08. The number of hydrogen-bond donors (Lipinski definition) is 0. The van der Waals surface area contributed by atoms with Gasteiger partial charge in [0.25, 0.3) is 0 Å². The number of benzene rings is 4. The Bertz CT molecular complexity index is 1820. The Morgan fingerprint density at radius 1 is 0.743 bits per heavy atom. The van der Waals surface area contributed by atoms with Crippen molar-refractivity contribution in [3.05, 3.63) is 114 Å². The monoisotopic (exact) mass is 453 g/mol. The van der Waals surface area contributed by atoms with Gasteiger partial charge < -0.3 is 8.98 Å². The van der Waals surface area contributed by atoms with E-state index in [1.165, 1.54) is 55.0 Å². The van der Waals surface area contributed by atoms with Crippen LogP contribution in [0.5, 0.6) is 0 Å². The molecule has 1 aliphatic carbocycles. The van der Waals surface area contributed by atoms with E-state index in [-0.39, 0.29) is 0 Å². The first-order chi connectivity index (χ1) is 17.1. The van der Waals surface area contributed by atoms with Crippen molar-refractivity contribution in [2.24, 2.45) is 5.92 Å². The van der Waals surface area contributed by atoms with Gasteiger partial charge in [-0.25, -0.2) is 0 Å². The lowest BCUT2D eigenvalue weighted by atomic mass is 9.91. The Labute approximate surface area is 204 Å². The molecule has 1 atom stereocenters. The highest BCUT2D eigenvalue weighted by atomic mass is 16.3. The van der Waals surface area contributed by atoms with E-state index in [9.17, 15) is 0 Å². The molecule has 2 nitrogen and oxygen atoms in total. The fourth-order valence-corrected chi connectivity index (χ4v) is 5.70. The zero-order valence-corrected chi connectivity index (χ0v) is 20.1. The molecule has 35 heavy (non-hydrogen) atoms. The minimum absolute atomic E-state index is 0.492. The number of aryl methyl sites for hydroxylation is 2. The van der Waals surface area contributed by atoms with Gasteiger partial charge in [0.05, 0.1) is 11.0 Å². The molecule has 6 aromatic rings. The van der Waals surface area contributed by atoms with Crippen LogP contribution >= 0.6 is 0 Å². The van der Waals surface area contributed by atoms with Gasteiger partial charge in [0, 0.05) is 27.2 Å². The van der Waals surface area contributed by atoms with Crippen LogP contribution in [0.1, 0.15) is 23.1 Å². The average molecular weight is 454 g/mol. The van der Waals surface area contributed by atoms with Crippen molar-refractivity contribution in [3.8, 4) is 0 Å². The molecule has 4 aromatic carbocycles. The van der Waals surface area contributed by atoms with Gasteiger partial charge in [0.2, 0.25) is 0 Å². The topological polar surface area (TPSA) is 18.1 Å². The van der Waals surface area contributed by atoms with Crippen LogP contribution in [0.25, 0.3) is 49.4 Å². The molecule has 0 radical (unpaired) electrons. The fraction of sp³-hybridized carbons (Fsp3) is 0.152. The van der Waals surface area contributed by atoms with Crippen LogP contribution < -0.4 is 0 Å². The van der Waals surface area contributed by atoms with Crippen LogP contribution in [0, 0.1) is 19.8 Å². The zero-order valence-electron chi connectivity index (χ0n) is 20.1. The van der Waals surface area contributed by atoms with Gasteiger partial charge in [-0.1, -0.05) is 59.7 Å². The predicted molar refractivity (Wildman–Crippen MR) is 148 cm³/mol. The quantitative estimate of drug-likeness (QED) is 0.261. The normalized spacial score (nSPS) is 16.1. The predicted octanol–water partition coefficient (Wildman–Crippen LogP) is 8.97. The minimum atomic E-state index is 0.492. The Morgan fingerprint density at radius 3 is 2.29 bits per heavy atom. The number of para-hydroxylation sites is 1. The van der Waals surface area contributed by atoms with Crippen LogP contribution in [0.2, 0.25) is 0 Å². The summed E-state index contributed by atoms with van der Waals surface area (Å²) in [7, 11) is 0. The minimum Gasteiger partial charge on any atom is -0.456 e. The highest BCUT2D eigenvalue weighted by molar-refractivity contribution is 6.10. The molecular formula is C33H27NO. The first kappa shape index (κ1) is 20.3. The van der Waals surface area contributed by atoms with Crippen molar-refractivity contribution < 1.29 is 4.42 Å². The van der Waals surface area contributed by atoms with Crippen LogP contribution in [0.4, 0.5) is 0 Å². The molecule has 1 unspecified atom stereocenters. The summed E-state index contributed by atoms with van der Waals surface area (Å²) in [6.45, 7) is 4.30. The maximum atomic E-state index is 6.06.